The average Bonchev–Trinajstić information content (AvgIpc) is 2.96. The molecule has 28 heavy (non-hydrogen) atoms. The molecule has 1 unspecified atom stereocenters. The number of carbonyl (C=O) groups excluding carboxylic acids is 2. The standard InChI is InChI=1S/C21H19NO5S/c1-3-14-8-4-6-10-16(14)22-19(23)18(28-21(22)26)12-15-9-5-7-11-17(15)27-13(2)20(24)25/h4-13H,3H2,1-2H3,(H,24,25)/b18-12+. The molecule has 0 bridgehead atoms. The minimum absolute atomic E-state index is 0.259. The SMILES string of the molecule is CCc1ccccc1N1C(=O)S/C(=C/c2ccccc2OC(C)C(=O)O)C1=O. The van der Waals surface area contributed by atoms with E-state index in [4.69, 9.17) is 9.84 Å². The third kappa shape index (κ3) is 3.94. The van der Waals surface area contributed by atoms with Crippen LogP contribution in [0.15, 0.2) is 53.4 Å². The van der Waals surface area contributed by atoms with Gasteiger partial charge in [0.1, 0.15) is 5.75 Å². The van der Waals surface area contributed by atoms with Gasteiger partial charge in [0.15, 0.2) is 6.10 Å². The van der Waals surface area contributed by atoms with Gasteiger partial charge in [0.05, 0.1) is 10.6 Å². The zero-order chi connectivity index (χ0) is 20.3. The third-order valence-corrected chi connectivity index (χ3v) is 5.13. The van der Waals surface area contributed by atoms with Gasteiger partial charge >= 0.3 is 5.97 Å². The summed E-state index contributed by atoms with van der Waals surface area (Å²) in [5.74, 6) is -1.17. The van der Waals surface area contributed by atoms with Gasteiger partial charge in [-0.15, -0.1) is 0 Å². The lowest BCUT2D eigenvalue weighted by atomic mass is 10.1. The van der Waals surface area contributed by atoms with Crippen LogP contribution in [0.2, 0.25) is 0 Å². The van der Waals surface area contributed by atoms with Crippen molar-refractivity contribution in [3.05, 3.63) is 64.6 Å². The molecule has 0 aromatic heterocycles. The monoisotopic (exact) mass is 397 g/mol. The number of hydrogen-bond acceptors (Lipinski definition) is 5. The van der Waals surface area contributed by atoms with E-state index in [1.54, 1.807) is 42.5 Å². The zero-order valence-corrected chi connectivity index (χ0v) is 16.2. The molecular formula is C21H19NO5S. The molecule has 1 fully saturated rings. The van der Waals surface area contributed by atoms with Crippen molar-refractivity contribution in [1.29, 1.82) is 0 Å². The van der Waals surface area contributed by atoms with Crippen LogP contribution in [0.25, 0.3) is 6.08 Å². The molecule has 2 amide bonds. The molecule has 1 N–H and O–H groups in total. The highest BCUT2D eigenvalue weighted by atomic mass is 32.2. The van der Waals surface area contributed by atoms with Crippen LogP contribution < -0.4 is 9.64 Å². The average molecular weight is 397 g/mol. The molecule has 0 aliphatic carbocycles. The molecule has 144 valence electrons. The van der Waals surface area contributed by atoms with Gasteiger partial charge in [-0.25, -0.2) is 9.69 Å². The van der Waals surface area contributed by atoms with Gasteiger partial charge in [-0.1, -0.05) is 43.3 Å². The first-order valence-corrected chi connectivity index (χ1v) is 9.58. The Bertz CT molecular complexity index is 969. The van der Waals surface area contributed by atoms with Crippen LogP contribution >= 0.6 is 11.8 Å². The minimum Gasteiger partial charge on any atom is -0.479 e. The van der Waals surface area contributed by atoms with Gasteiger partial charge in [-0.2, -0.15) is 0 Å². The topological polar surface area (TPSA) is 83.9 Å². The number of para-hydroxylation sites is 2. The van der Waals surface area contributed by atoms with Gasteiger partial charge < -0.3 is 9.84 Å². The first-order valence-electron chi connectivity index (χ1n) is 8.76. The van der Waals surface area contributed by atoms with E-state index >= 15 is 0 Å². The van der Waals surface area contributed by atoms with Crippen LogP contribution in [0.1, 0.15) is 25.0 Å². The second-order valence-electron chi connectivity index (χ2n) is 6.14. The molecule has 0 spiro atoms. The summed E-state index contributed by atoms with van der Waals surface area (Å²) in [5.41, 5.74) is 2.02. The fraction of sp³-hybridized carbons (Fsp3) is 0.190. The summed E-state index contributed by atoms with van der Waals surface area (Å²) in [5, 5.41) is 8.69. The Balaban J connectivity index is 1.94. The number of thioether (sulfide) groups is 1. The maximum atomic E-state index is 12.9. The highest BCUT2D eigenvalue weighted by Crippen LogP contribution is 2.38. The van der Waals surface area contributed by atoms with Crippen LogP contribution in [-0.2, 0) is 16.0 Å². The molecule has 2 aromatic rings. The highest BCUT2D eigenvalue weighted by molar-refractivity contribution is 8.19. The van der Waals surface area contributed by atoms with Gasteiger partial charge in [0.25, 0.3) is 11.1 Å². The van der Waals surface area contributed by atoms with E-state index in [2.05, 4.69) is 0 Å². The Kier molecular flexibility index (Phi) is 5.84. The number of amides is 2. The minimum atomic E-state index is -1.09. The summed E-state index contributed by atoms with van der Waals surface area (Å²) in [6, 6.07) is 14.1. The maximum Gasteiger partial charge on any atom is 0.344 e. The summed E-state index contributed by atoms with van der Waals surface area (Å²) in [6.07, 6.45) is 1.21. The van der Waals surface area contributed by atoms with Gasteiger partial charge in [0, 0.05) is 5.56 Å². The summed E-state index contributed by atoms with van der Waals surface area (Å²) in [7, 11) is 0. The lowest BCUT2D eigenvalue weighted by Gasteiger charge is -2.16. The molecule has 1 heterocycles. The molecule has 1 atom stereocenters. The third-order valence-electron chi connectivity index (χ3n) is 4.26. The fourth-order valence-corrected chi connectivity index (χ4v) is 3.62. The van der Waals surface area contributed by atoms with Crippen LogP contribution in [-0.4, -0.2) is 28.3 Å². The normalized spacial score (nSPS) is 16.5. The quantitative estimate of drug-likeness (QED) is 0.730. The first-order chi connectivity index (χ1) is 13.4. The van der Waals surface area contributed by atoms with E-state index in [9.17, 15) is 14.4 Å². The van der Waals surface area contributed by atoms with Crippen LogP contribution in [0.5, 0.6) is 5.75 Å². The first kappa shape index (κ1) is 19.7. The van der Waals surface area contributed by atoms with Crippen molar-refractivity contribution >= 4 is 40.6 Å². The number of hydrogen-bond donors (Lipinski definition) is 1. The predicted molar refractivity (Wildman–Crippen MR) is 108 cm³/mol. The van der Waals surface area contributed by atoms with E-state index in [0.29, 0.717) is 23.4 Å². The number of carboxylic acids is 1. The number of imide groups is 1. The van der Waals surface area contributed by atoms with Crippen LogP contribution in [0.3, 0.4) is 0 Å². The summed E-state index contributed by atoms with van der Waals surface area (Å²) in [6.45, 7) is 3.39. The number of benzene rings is 2. The lowest BCUT2D eigenvalue weighted by Crippen LogP contribution is -2.28. The van der Waals surface area contributed by atoms with E-state index in [1.165, 1.54) is 11.8 Å². The maximum absolute atomic E-state index is 12.9. The molecule has 2 aromatic carbocycles. The Morgan fingerprint density at radius 2 is 1.86 bits per heavy atom. The van der Waals surface area contributed by atoms with E-state index in [1.807, 2.05) is 19.1 Å². The van der Waals surface area contributed by atoms with Crippen molar-refractivity contribution in [3.8, 4) is 5.75 Å². The van der Waals surface area contributed by atoms with Crippen molar-refractivity contribution in [2.45, 2.75) is 26.4 Å². The highest BCUT2D eigenvalue weighted by Gasteiger charge is 2.37. The number of nitrogens with zero attached hydrogens (tertiary/aromatic N) is 1. The molecule has 1 aliphatic heterocycles. The molecule has 0 saturated carbocycles. The van der Waals surface area contributed by atoms with Crippen LogP contribution in [0, 0.1) is 0 Å². The number of carboxylic acid groups (broad SMARTS) is 1. The Morgan fingerprint density at radius 3 is 2.57 bits per heavy atom. The molecule has 3 rings (SSSR count). The molecule has 0 radical (unpaired) electrons. The van der Waals surface area contributed by atoms with Crippen LogP contribution in [0.4, 0.5) is 10.5 Å². The fourth-order valence-electron chi connectivity index (χ4n) is 2.79. The number of carbonyl (C=O) groups is 3. The molecule has 1 aliphatic rings. The Hall–Kier alpha value is -3.06. The predicted octanol–water partition coefficient (Wildman–Crippen LogP) is 4.34. The second kappa shape index (κ2) is 8.31. The summed E-state index contributed by atoms with van der Waals surface area (Å²) in [4.78, 5) is 37.9. The van der Waals surface area contributed by atoms with Gasteiger partial charge in [-0.05, 0) is 48.9 Å². The van der Waals surface area contributed by atoms with Crippen molar-refractivity contribution in [2.24, 2.45) is 0 Å². The van der Waals surface area contributed by atoms with E-state index in [-0.39, 0.29) is 10.1 Å². The molecule has 1 saturated heterocycles. The van der Waals surface area contributed by atoms with E-state index < -0.39 is 18.0 Å². The van der Waals surface area contributed by atoms with Crippen molar-refractivity contribution in [2.75, 3.05) is 4.90 Å². The molecule has 7 heteroatoms. The number of aryl methyl sites for hydroxylation is 1. The summed E-state index contributed by atoms with van der Waals surface area (Å²) >= 11 is 0.851. The van der Waals surface area contributed by atoms with Crippen molar-refractivity contribution in [3.63, 3.8) is 0 Å². The van der Waals surface area contributed by atoms with Gasteiger partial charge in [-0.3, -0.25) is 9.59 Å². The number of ether oxygens (including phenoxy) is 1. The molecular weight excluding hydrogens is 378 g/mol. The second-order valence-corrected chi connectivity index (χ2v) is 7.13. The zero-order valence-electron chi connectivity index (χ0n) is 15.4. The smallest absolute Gasteiger partial charge is 0.344 e. The number of aliphatic carboxylic acids is 1. The Morgan fingerprint density at radius 1 is 1.18 bits per heavy atom. The lowest BCUT2D eigenvalue weighted by molar-refractivity contribution is -0.144. The van der Waals surface area contributed by atoms with Crippen molar-refractivity contribution < 1.29 is 24.2 Å². The number of anilines is 1. The Labute approximate surface area is 166 Å². The van der Waals surface area contributed by atoms with E-state index in [0.717, 1.165) is 17.3 Å². The largest absolute Gasteiger partial charge is 0.479 e. The summed E-state index contributed by atoms with van der Waals surface area (Å²) < 4.78 is 5.46. The number of rotatable bonds is 6. The molecule has 6 nitrogen and oxygen atoms in total. The van der Waals surface area contributed by atoms with Gasteiger partial charge in [0.2, 0.25) is 0 Å². The van der Waals surface area contributed by atoms with Crippen molar-refractivity contribution in [1.82, 2.24) is 0 Å².